The molecule has 0 saturated carbocycles. The van der Waals surface area contributed by atoms with E-state index in [1.165, 1.54) is 28.0 Å². The Morgan fingerprint density at radius 3 is 2.29 bits per heavy atom. The van der Waals surface area contributed by atoms with E-state index in [2.05, 4.69) is 16.0 Å². The van der Waals surface area contributed by atoms with Gasteiger partial charge in [-0.1, -0.05) is 6.92 Å². The maximum absolute atomic E-state index is 13.6. The van der Waals surface area contributed by atoms with E-state index in [-0.39, 0.29) is 60.4 Å². The Morgan fingerprint density at radius 1 is 1.10 bits per heavy atom. The van der Waals surface area contributed by atoms with Crippen LogP contribution in [0.5, 0.6) is 5.75 Å². The third-order valence-corrected chi connectivity index (χ3v) is 6.61. The van der Waals surface area contributed by atoms with Crippen molar-refractivity contribution in [1.29, 1.82) is 0 Å². The fraction of sp³-hybridized carbons (Fsp3) is 0.464. The molecule has 0 fully saturated rings. The smallest absolute Gasteiger partial charge is 0.416 e. The molecule has 0 spiro atoms. The molecule has 5 amide bonds. The van der Waals surface area contributed by atoms with Crippen LogP contribution in [-0.4, -0.2) is 77.8 Å². The number of amides is 5. The van der Waals surface area contributed by atoms with Crippen LogP contribution in [0, 0.1) is 5.92 Å². The highest BCUT2D eigenvalue weighted by Gasteiger charge is 2.34. The number of ether oxygens (including phenoxy) is 1. The Hall–Kier alpha value is -4.00. The zero-order valence-electron chi connectivity index (χ0n) is 23.6. The van der Waals surface area contributed by atoms with Crippen molar-refractivity contribution in [2.45, 2.75) is 52.1 Å². The second-order valence-corrected chi connectivity index (χ2v) is 10.5. The van der Waals surface area contributed by atoms with E-state index in [0.717, 1.165) is 24.3 Å². The molecule has 0 aliphatic carbocycles. The van der Waals surface area contributed by atoms with Crippen molar-refractivity contribution >= 4 is 29.3 Å². The Morgan fingerprint density at radius 2 is 1.71 bits per heavy atom. The number of urea groups is 2. The number of halogens is 3. The molecule has 41 heavy (non-hydrogen) atoms. The van der Waals surface area contributed by atoms with Gasteiger partial charge in [0.2, 0.25) is 0 Å². The largest absolute Gasteiger partial charge is 0.487 e. The molecule has 10 nitrogen and oxygen atoms in total. The summed E-state index contributed by atoms with van der Waals surface area (Å²) in [5.41, 5.74) is -0.319. The van der Waals surface area contributed by atoms with E-state index in [4.69, 9.17) is 4.74 Å². The second kappa shape index (κ2) is 13.1. The van der Waals surface area contributed by atoms with Gasteiger partial charge in [-0.05, 0) is 63.2 Å². The Labute approximate surface area is 236 Å². The summed E-state index contributed by atoms with van der Waals surface area (Å²) in [5.74, 6) is -0.375. The standard InChI is InChI=1S/C28H36F3N5O5/c1-16(2)32-27(40)35(5)14-24-17(3)13-36(18(4)15-37)25(38)22-12-21(10-11-23(22)41-24)34-26(39)33-20-8-6-19(7-9-20)28(29,30)31/h6-12,16-18,24,37H,13-15H2,1-5H3,(H,32,40)(H2,33,34,39)/t17-,18-,24+/m0/s1. The first-order valence-corrected chi connectivity index (χ1v) is 13.2. The maximum Gasteiger partial charge on any atom is 0.416 e. The normalized spacial score (nSPS) is 18.0. The number of likely N-dealkylation sites (N-methyl/N-ethyl adjacent to an activating group) is 1. The molecule has 3 atom stereocenters. The summed E-state index contributed by atoms with van der Waals surface area (Å²) in [6.07, 6.45) is -5.00. The highest BCUT2D eigenvalue weighted by atomic mass is 19.4. The number of hydrogen-bond donors (Lipinski definition) is 4. The first-order valence-electron chi connectivity index (χ1n) is 13.2. The van der Waals surface area contributed by atoms with Gasteiger partial charge < -0.3 is 35.6 Å². The van der Waals surface area contributed by atoms with E-state index in [1.807, 2.05) is 20.8 Å². The molecule has 2 aromatic carbocycles. The molecule has 1 aliphatic rings. The first kappa shape index (κ1) is 31.5. The number of fused-ring (bicyclic) bond motifs is 1. The zero-order valence-corrected chi connectivity index (χ0v) is 23.6. The summed E-state index contributed by atoms with van der Waals surface area (Å²) >= 11 is 0. The minimum atomic E-state index is -4.50. The molecule has 0 saturated heterocycles. The van der Waals surface area contributed by atoms with Crippen LogP contribution in [0.15, 0.2) is 42.5 Å². The number of carbonyl (C=O) groups excluding carboxylic acids is 3. The molecule has 0 unspecified atom stereocenters. The minimum Gasteiger partial charge on any atom is -0.487 e. The number of aliphatic hydroxyl groups excluding tert-OH is 1. The van der Waals surface area contributed by atoms with E-state index in [0.29, 0.717) is 0 Å². The molecule has 224 valence electrons. The second-order valence-electron chi connectivity index (χ2n) is 10.5. The molecule has 0 radical (unpaired) electrons. The molecule has 0 aromatic heterocycles. The third kappa shape index (κ3) is 8.26. The molecular formula is C28H36F3N5O5. The predicted molar refractivity (Wildman–Crippen MR) is 148 cm³/mol. The Kier molecular flexibility index (Phi) is 10.1. The summed E-state index contributed by atoms with van der Waals surface area (Å²) in [6, 6.07) is 6.90. The molecule has 13 heteroatoms. The lowest BCUT2D eigenvalue weighted by Gasteiger charge is -2.38. The van der Waals surface area contributed by atoms with E-state index < -0.39 is 35.8 Å². The van der Waals surface area contributed by atoms with Gasteiger partial charge in [-0.15, -0.1) is 0 Å². The third-order valence-electron chi connectivity index (χ3n) is 6.61. The number of anilines is 2. The SMILES string of the molecule is CC(C)NC(=O)N(C)C[C@H]1Oc2ccc(NC(=O)Nc3ccc(C(F)(F)F)cc3)cc2C(=O)N([C@@H](C)CO)C[C@@H]1C. The topological polar surface area (TPSA) is 123 Å². The van der Waals surface area contributed by atoms with Gasteiger partial charge in [0.25, 0.3) is 5.91 Å². The highest BCUT2D eigenvalue weighted by molar-refractivity contribution is 6.02. The van der Waals surface area contributed by atoms with Crippen LogP contribution in [0.3, 0.4) is 0 Å². The Balaban J connectivity index is 1.84. The van der Waals surface area contributed by atoms with Crippen LogP contribution >= 0.6 is 0 Å². The lowest BCUT2D eigenvalue weighted by atomic mass is 9.99. The molecule has 3 rings (SSSR count). The number of aliphatic hydroxyl groups is 1. The summed E-state index contributed by atoms with van der Waals surface area (Å²) in [6.45, 7) is 7.52. The van der Waals surface area contributed by atoms with E-state index in [9.17, 15) is 32.7 Å². The summed E-state index contributed by atoms with van der Waals surface area (Å²) in [5, 5.41) is 17.7. The lowest BCUT2D eigenvalue weighted by molar-refractivity contribution is -0.137. The Bertz CT molecular complexity index is 1240. The van der Waals surface area contributed by atoms with Crippen LogP contribution in [0.1, 0.15) is 43.6 Å². The minimum absolute atomic E-state index is 0.0535. The van der Waals surface area contributed by atoms with Crippen molar-refractivity contribution < 1.29 is 37.4 Å². The number of carbonyl (C=O) groups is 3. The number of nitrogens with zero attached hydrogens (tertiary/aromatic N) is 2. The molecular weight excluding hydrogens is 543 g/mol. The quantitative estimate of drug-likeness (QED) is 0.381. The molecule has 1 heterocycles. The average molecular weight is 580 g/mol. The zero-order chi connectivity index (χ0) is 30.5. The summed E-state index contributed by atoms with van der Waals surface area (Å²) in [4.78, 5) is 41.7. The molecule has 2 aromatic rings. The van der Waals surface area contributed by atoms with Gasteiger partial charge in [-0.3, -0.25) is 4.79 Å². The van der Waals surface area contributed by atoms with Crippen molar-refractivity contribution in [1.82, 2.24) is 15.1 Å². The van der Waals surface area contributed by atoms with E-state index in [1.54, 1.807) is 14.0 Å². The van der Waals surface area contributed by atoms with E-state index >= 15 is 0 Å². The van der Waals surface area contributed by atoms with Crippen LogP contribution < -0.4 is 20.7 Å². The fourth-order valence-corrected chi connectivity index (χ4v) is 4.26. The number of benzene rings is 2. The molecule has 0 bridgehead atoms. The number of rotatable bonds is 7. The van der Waals surface area contributed by atoms with Gasteiger partial charge in [-0.2, -0.15) is 13.2 Å². The highest BCUT2D eigenvalue weighted by Crippen LogP contribution is 2.32. The van der Waals surface area contributed by atoms with Gasteiger partial charge in [-0.25, -0.2) is 9.59 Å². The number of alkyl halides is 3. The number of hydrogen-bond acceptors (Lipinski definition) is 5. The molecule has 4 N–H and O–H groups in total. The van der Waals surface area contributed by atoms with Gasteiger partial charge >= 0.3 is 18.2 Å². The fourth-order valence-electron chi connectivity index (χ4n) is 4.26. The monoisotopic (exact) mass is 579 g/mol. The summed E-state index contributed by atoms with van der Waals surface area (Å²) in [7, 11) is 1.65. The van der Waals surface area contributed by atoms with Crippen molar-refractivity contribution in [3.63, 3.8) is 0 Å². The van der Waals surface area contributed by atoms with Gasteiger partial charge in [0.1, 0.15) is 11.9 Å². The van der Waals surface area contributed by atoms with Gasteiger partial charge in [0.15, 0.2) is 0 Å². The first-order chi connectivity index (χ1) is 19.2. The van der Waals surface area contributed by atoms with Crippen LogP contribution in [0.2, 0.25) is 0 Å². The van der Waals surface area contributed by atoms with Crippen LogP contribution in [0.4, 0.5) is 34.1 Å². The number of nitrogens with one attached hydrogen (secondary N) is 3. The van der Waals surface area contributed by atoms with Crippen molar-refractivity contribution in [3.05, 3.63) is 53.6 Å². The van der Waals surface area contributed by atoms with Crippen molar-refractivity contribution in [2.75, 3.05) is 37.4 Å². The van der Waals surface area contributed by atoms with Gasteiger partial charge in [0.05, 0.1) is 30.3 Å². The lowest BCUT2D eigenvalue weighted by Crippen LogP contribution is -2.51. The molecule has 1 aliphatic heterocycles. The van der Waals surface area contributed by atoms with Crippen LogP contribution in [-0.2, 0) is 6.18 Å². The maximum atomic E-state index is 13.6. The van der Waals surface area contributed by atoms with Gasteiger partial charge in [0, 0.05) is 36.9 Å². The van der Waals surface area contributed by atoms with Crippen molar-refractivity contribution in [3.8, 4) is 5.75 Å². The average Bonchev–Trinajstić information content (AvgIpc) is 2.89. The summed E-state index contributed by atoms with van der Waals surface area (Å²) < 4.78 is 44.7. The van der Waals surface area contributed by atoms with Crippen LogP contribution in [0.25, 0.3) is 0 Å². The van der Waals surface area contributed by atoms with Crippen molar-refractivity contribution in [2.24, 2.45) is 5.92 Å². The predicted octanol–water partition coefficient (Wildman–Crippen LogP) is 4.62.